The number of aliphatic hydroxyl groups excluding tert-OH is 1. The summed E-state index contributed by atoms with van der Waals surface area (Å²) in [6.45, 7) is 16.3. The van der Waals surface area contributed by atoms with Crippen molar-refractivity contribution in [2.45, 2.75) is 181 Å². The van der Waals surface area contributed by atoms with Gasteiger partial charge in [0.25, 0.3) is 11.7 Å². The number of rotatable bonds is 23. The van der Waals surface area contributed by atoms with Crippen molar-refractivity contribution in [1.29, 1.82) is 0 Å². The smallest absolute Gasteiger partial charge is 0.329 e. The van der Waals surface area contributed by atoms with Gasteiger partial charge in [-0.1, -0.05) is 89.5 Å². The second-order valence-electron chi connectivity index (χ2n) is 20.1. The molecule has 3 saturated heterocycles. The van der Waals surface area contributed by atoms with Crippen LogP contribution < -0.4 is 0 Å². The van der Waals surface area contributed by atoms with E-state index >= 15 is 0 Å². The van der Waals surface area contributed by atoms with Gasteiger partial charge in [0.15, 0.2) is 0 Å². The van der Waals surface area contributed by atoms with Gasteiger partial charge in [-0.05, 0) is 102 Å². The molecular weight excluding hydrogens is 861 g/mol. The molecule has 4 aliphatic rings. The number of piperidine rings is 1. The molecule has 3 aliphatic heterocycles. The molecule has 4 fully saturated rings. The standard InChI is InChI=1S/C52H82N2O11S/c1-34(18-11-10-12-19-35(2)41(8)54-25-17-27-66(54)62)28-36(3)45(55)32-46(56)37(4)29-38(5)47(57)33-48(39(6)30-42-21-15-22-43(31-42)63-9)65-51(60)44-23-13-14-24-53(44)50(59)49(58)52(61)40(7)20-16-26-64-52/h10-12,18-19,29,34,36,38-44,46,48,56,61H,13-17,20-28,30-33H2,1-9H3/b12-10+,18-11+,35-19+,37-29+/t34-,36?,38-,39-,40?,41?,42+,43?,44+,46+,48+,52?,66?/m1/s1. The lowest BCUT2D eigenvalue weighted by Gasteiger charge is -2.39. The van der Waals surface area contributed by atoms with E-state index in [0.717, 1.165) is 50.0 Å². The average Bonchev–Trinajstić information content (AvgIpc) is 3.73. The van der Waals surface area contributed by atoms with E-state index in [1.54, 1.807) is 34.0 Å². The minimum Gasteiger partial charge on any atom is -0.598 e. The van der Waals surface area contributed by atoms with Crippen LogP contribution in [0.1, 0.15) is 145 Å². The highest BCUT2D eigenvalue weighted by Crippen LogP contribution is 2.35. The van der Waals surface area contributed by atoms with Crippen LogP contribution >= 0.6 is 0 Å². The number of amides is 1. The van der Waals surface area contributed by atoms with Gasteiger partial charge >= 0.3 is 5.97 Å². The zero-order valence-corrected chi connectivity index (χ0v) is 42.2. The molecular formula is C52H82N2O11S. The van der Waals surface area contributed by atoms with Gasteiger partial charge in [0.1, 0.15) is 29.5 Å². The Morgan fingerprint density at radius 1 is 0.894 bits per heavy atom. The summed E-state index contributed by atoms with van der Waals surface area (Å²) >= 11 is -0.906. The molecule has 4 rings (SSSR count). The third-order valence-corrected chi connectivity index (χ3v) is 16.4. The summed E-state index contributed by atoms with van der Waals surface area (Å²) in [5.41, 5.74) is 1.65. The number of ether oxygens (including phenoxy) is 3. The molecule has 0 spiro atoms. The average molecular weight is 943 g/mol. The van der Waals surface area contributed by atoms with E-state index in [2.05, 4.69) is 19.9 Å². The third-order valence-electron chi connectivity index (χ3n) is 14.7. The maximum Gasteiger partial charge on any atom is 0.329 e. The van der Waals surface area contributed by atoms with Gasteiger partial charge in [-0.25, -0.2) is 4.79 Å². The number of ketones is 3. The number of aliphatic hydroxyl groups is 2. The van der Waals surface area contributed by atoms with Crippen LogP contribution in [0.15, 0.2) is 47.6 Å². The predicted octanol–water partition coefficient (Wildman–Crippen LogP) is 7.56. The zero-order chi connectivity index (χ0) is 48.7. The van der Waals surface area contributed by atoms with Crippen molar-refractivity contribution in [3.63, 3.8) is 0 Å². The van der Waals surface area contributed by atoms with E-state index in [1.807, 2.05) is 49.4 Å². The van der Waals surface area contributed by atoms with E-state index in [4.69, 9.17) is 14.2 Å². The van der Waals surface area contributed by atoms with E-state index in [1.165, 1.54) is 4.90 Å². The van der Waals surface area contributed by atoms with Gasteiger partial charge in [0.05, 0.1) is 24.9 Å². The second-order valence-corrected chi connectivity index (χ2v) is 21.6. The fourth-order valence-corrected chi connectivity index (χ4v) is 11.5. The number of nitrogens with zero attached hydrogens (tertiary/aromatic N) is 2. The van der Waals surface area contributed by atoms with Crippen LogP contribution in [-0.2, 0) is 49.5 Å². The van der Waals surface area contributed by atoms with Gasteiger partial charge in [0, 0.05) is 68.6 Å². The minimum atomic E-state index is -2.25. The largest absolute Gasteiger partial charge is 0.598 e. The van der Waals surface area contributed by atoms with Crippen LogP contribution in [0.5, 0.6) is 0 Å². The molecule has 0 aromatic heterocycles. The Morgan fingerprint density at radius 3 is 2.32 bits per heavy atom. The Hall–Kier alpha value is -2.98. The van der Waals surface area contributed by atoms with Gasteiger partial charge in [0.2, 0.25) is 5.79 Å². The first-order chi connectivity index (χ1) is 31.3. The maximum absolute atomic E-state index is 14.1. The highest BCUT2D eigenvalue weighted by atomic mass is 32.2. The number of methoxy groups -OCH3 is 1. The summed E-state index contributed by atoms with van der Waals surface area (Å²) in [5.74, 6) is -5.83. The van der Waals surface area contributed by atoms with E-state index in [0.29, 0.717) is 50.0 Å². The molecule has 6 unspecified atom stereocenters. The predicted molar refractivity (Wildman–Crippen MR) is 257 cm³/mol. The van der Waals surface area contributed by atoms with Gasteiger partial charge in [-0.15, -0.1) is 4.31 Å². The first kappa shape index (κ1) is 55.6. The number of hydrogen-bond donors (Lipinski definition) is 2. The van der Waals surface area contributed by atoms with Crippen LogP contribution in [0.25, 0.3) is 0 Å². The molecule has 0 aromatic carbocycles. The summed E-state index contributed by atoms with van der Waals surface area (Å²) in [6, 6.07) is -0.936. The molecule has 14 heteroatoms. The van der Waals surface area contributed by atoms with E-state index in [9.17, 15) is 38.7 Å². The monoisotopic (exact) mass is 943 g/mol. The molecule has 13 atom stereocenters. The quantitative estimate of drug-likeness (QED) is 0.0338. The molecule has 3 heterocycles. The molecule has 66 heavy (non-hydrogen) atoms. The van der Waals surface area contributed by atoms with Crippen molar-refractivity contribution < 1.29 is 52.9 Å². The number of hydrogen-bond acceptors (Lipinski definition) is 12. The molecule has 0 bridgehead atoms. The van der Waals surface area contributed by atoms with Gasteiger partial charge < -0.3 is 33.9 Å². The van der Waals surface area contributed by atoms with Crippen LogP contribution in [-0.4, -0.2) is 122 Å². The van der Waals surface area contributed by atoms with Crippen molar-refractivity contribution >= 4 is 40.6 Å². The molecule has 0 aromatic rings. The number of carbonyl (C=O) groups is 5. The Bertz CT molecular complexity index is 1760. The molecule has 13 nitrogen and oxygen atoms in total. The molecule has 1 saturated carbocycles. The van der Waals surface area contributed by atoms with Crippen LogP contribution in [0.2, 0.25) is 0 Å². The second kappa shape index (κ2) is 26.7. The first-order valence-electron chi connectivity index (χ1n) is 24.8. The number of Topliss-reactive ketones (excluding diaryl/α,β-unsaturated/α-hetero) is 3. The molecule has 2 N–H and O–H groups in total. The SMILES string of the molecule is COC1CCC[C@@H](C[C@@H](C)[C@H](CC(=O)[C@H](C)/C=C(\C)[C@@H](O)CC(=O)C(C)C[C@H](C)/C=C/C=C/C=C(\C)C(C)N2CCC[S+]2[O-])OC(=O)[C@@H]2CCCCN2C(=O)C(=O)C2(O)OCCCC2C)C1. The van der Waals surface area contributed by atoms with Crippen molar-refractivity contribution in [2.24, 2.45) is 35.5 Å². The molecule has 1 aliphatic carbocycles. The van der Waals surface area contributed by atoms with Crippen molar-refractivity contribution in [2.75, 3.05) is 32.6 Å². The van der Waals surface area contributed by atoms with Crippen LogP contribution in [0, 0.1) is 35.5 Å². The van der Waals surface area contributed by atoms with Gasteiger partial charge in [-0.2, -0.15) is 0 Å². The lowest BCUT2D eigenvalue weighted by Crippen LogP contribution is -2.59. The highest BCUT2D eigenvalue weighted by Gasteiger charge is 2.51. The number of allylic oxidation sites excluding steroid dienone is 6. The first-order valence-corrected chi connectivity index (χ1v) is 26.1. The lowest BCUT2D eigenvalue weighted by molar-refractivity contribution is -0.241. The third kappa shape index (κ3) is 15.8. The fourth-order valence-electron chi connectivity index (χ4n) is 10.0. The van der Waals surface area contributed by atoms with E-state index in [-0.39, 0.29) is 73.9 Å². The summed E-state index contributed by atoms with van der Waals surface area (Å²) in [4.78, 5) is 69.8. The summed E-state index contributed by atoms with van der Waals surface area (Å²) in [7, 11) is 1.72. The minimum absolute atomic E-state index is 0.0667. The van der Waals surface area contributed by atoms with Crippen molar-refractivity contribution in [3.8, 4) is 0 Å². The Morgan fingerprint density at radius 2 is 1.64 bits per heavy atom. The topological polar surface area (TPSA) is 183 Å². The molecule has 0 radical (unpaired) electrons. The Kier molecular flexibility index (Phi) is 22.5. The fraction of sp³-hybridized carbons (Fsp3) is 0.750. The zero-order valence-electron chi connectivity index (χ0n) is 41.4. The van der Waals surface area contributed by atoms with Crippen LogP contribution in [0.4, 0.5) is 0 Å². The number of carbonyl (C=O) groups excluding carboxylic acids is 5. The summed E-state index contributed by atoms with van der Waals surface area (Å²) < 4.78 is 31.6. The van der Waals surface area contributed by atoms with Crippen molar-refractivity contribution in [3.05, 3.63) is 47.6 Å². The molecule has 1 amide bonds. The highest BCUT2D eigenvalue weighted by molar-refractivity contribution is 7.89. The Labute approximate surface area is 398 Å². The number of likely N-dealkylation sites (tertiary alicyclic amines) is 1. The lowest BCUT2D eigenvalue weighted by atomic mass is 9.79. The Balaban J connectivity index is 1.36. The van der Waals surface area contributed by atoms with Crippen molar-refractivity contribution in [1.82, 2.24) is 9.21 Å². The summed E-state index contributed by atoms with van der Waals surface area (Å²) in [5, 5.41) is 22.3. The normalized spacial score (nSPS) is 29.3. The summed E-state index contributed by atoms with van der Waals surface area (Å²) in [6.07, 6.45) is 18.6. The van der Waals surface area contributed by atoms with Gasteiger partial charge in [-0.3, -0.25) is 19.2 Å². The van der Waals surface area contributed by atoms with Crippen LogP contribution in [0.3, 0.4) is 0 Å². The number of esters is 1. The molecule has 372 valence electrons. The maximum atomic E-state index is 14.1. The van der Waals surface area contributed by atoms with E-state index < -0.39 is 64.9 Å².